The third kappa shape index (κ3) is 2.39. The summed E-state index contributed by atoms with van der Waals surface area (Å²) in [4.78, 5) is 0. The van der Waals surface area contributed by atoms with Crippen LogP contribution in [0.1, 0.15) is 25.5 Å². The van der Waals surface area contributed by atoms with E-state index in [1.165, 1.54) is 32.3 Å². The number of aromatic nitrogens is 1. The van der Waals surface area contributed by atoms with Gasteiger partial charge in [-0.3, -0.25) is 5.21 Å². The molecule has 4 heteroatoms. The molecule has 72 valence electrons. The zero-order chi connectivity index (χ0) is 10.1. The molecule has 1 unspecified atom stereocenters. The van der Waals surface area contributed by atoms with Crippen molar-refractivity contribution >= 4 is 0 Å². The van der Waals surface area contributed by atoms with Crippen LogP contribution in [0, 0.1) is 0 Å². The molecule has 0 saturated carbocycles. The highest BCUT2D eigenvalue weighted by Crippen LogP contribution is 2.27. The minimum absolute atomic E-state index is 0.345. The van der Waals surface area contributed by atoms with Crippen LogP contribution in [0.5, 0.6) is 0 Å². The molecule has 0 radical (unpaired) electrons. The van der Waals surface area contributed by atoms with Crippen molar-refractivity contribution in [2.24, 2.45) is 0 Å². The second kappa shape index (κ2) is 3.30. The Morgan fingerprint density at radius 2 is 2.15 bits per heavy atom. The molecule has 0 amide bonds. The van der Waals surface area contributed by atoms with E-state index in [2.05, 4.69) is 0 Å². The van der Waals surface area contributed by atoms with Gasteiger partial charge in [0.2, 0.25) is 12.4 Å². The standard InChI is InChI=1S/C9H13FNO2/c1-9(2,10)8(12)7-4-3-5-11(13)6-7/h3-6,8,12-13H,1-2H3/q+1. The van der Waals surface area contributed by atoms with Crippen molar-refractivity contribution in [3.63, 3.8) is 0 Å². The Morgan fingerprint density at radius 1 is 1.54 bits per heavy atom. The molecule has 0 aliphatic carbocycles. The van der Waals surface area contributed by atoms with E-state index in [9.17, 15) is 9.50 Å². The topological polar surface area (TPSA) is 44.3 Å². The van der Waals surface area contributed by atoms with Gasteiger partial charge in [-0.25, -0.2) is 4.39 Å². The first kappa shape index (κ1) is 9.92. The molecule has 0 aliphatic heterocycles. The molecule has 0 aromatic carbocycles. The largest absolute Gasteiger partial charge is 0.385 e. The van der Waals surface area contributed by atoms with E-state index in [4.69, 9.17) is 5.21 Å². The van der Waals surface area contributed by atoms with Gasteiger partial charge in [0.25, 0.3) is 0 Å². The first-order valence-corrected chi connectivity index (χ1v) is 3.98. The highest BCUT2D eigenvalue weighted by molar-refractivity contribution is 5.12. The molecule has 1 rings (SSSR count). The fourth-order valence-electron chi connectivity index (χ4n) is 1.04. The zero-order valence-electron chi connectivity index (χ0n) is 7.61. The van der Waals surface area contributed by atoms with E-state index in [-0.39, 0.29) is 0 Å². The Balaban J connectivity index is 2.96. The molecule has 0 aliphatic rings. The summed E-state index contributed by atoms with van der Waals surface area (Å²) in [5.74, 6) is 0. The van der Waals surface area contributed by atoms with Crippen molar-refractivity contribution in [1.29, 1.82) is 0 Å². The van der Waals surface area contributed by atoms with Gasteiger partial charge in [-0.2, -0.15) is 0 Å². The van der Waals surface area contributed by atoms with E-state index in [1.54, 1.807) is 6.07 Å². The van der Waals surface area contributed by atoms with Gasteiger partial charge in [0.05, 0.1) is 5.56 Å². The first-order chi connectivity index (χ1) is 5.91. The Hall–Kier alpha value is -1.16. The summed E-state index contributed by atoms with van der Waals surface area (Å²) in [5, 5.41) is 18.5. The maximum Gasteiger partial charge on any atom is 0.228 e. The first-order valence-electron chi connectivity index (χ1n) is 3.98. The predicted molar refractivity (Wildman–Crippen MR) is 44.0 cm³/mol. The molecule has 0 saturated heterocycles. The van der Waals surface area contributed by atoms with Gasteiger partial charge >= 0.3 is 0 Å². The van der Waals surface area contributed by atoms with E-state index >= 15 is 0 Å². The molecular formula is C9H13FNO2+. The molecule has 1 atom stereocenters. The van der Waals surface area contributed by atoms with Crippen LogP contribution >= 0.6 is 0 Å². The lowest BCUT2D eigenvalue weighted by atomic mass is 9.98. The zero-order valence-corrected chi connectivity index (χ0v) is 7.61. The van der Waals surface area contributed by atoms with Crippen molar-refractivity contribution in [2.45, 2.75) is 25.6 Å². The van der Waals surface area contributed by atoms with Crippen molar-refractivity contribution in [3.8, 4) is 0 Å². The Kier molecular flexibility index (Phi) is 2.52. The molecule has 1 aromatic rings. The van der Waals surface area contributed by atoms with Crippen LogP contribution in [0.4, 0.5) is 4.39 Å². The van der Waals surface area contributed by atoms with Crippen molar-refractivity contribution in [3.05, 3.63) is 30.1 Å². The number of pyridine rings is 1. The molecule has 3 nitrogen and oxygen atoms in total. The molecule has 13 heavy (non-hydrogen) atoms. The Bertz CT molecular complexity index is 296. The second-order valence-electron chi connectivity index (χ2n) is 3.48. The second-order valence-corrected chi connectivity index (χ2v) is 3.48. The van der Waals surface area contributed by atoms with E-state index in [0.717, 1.165) is 4.73 Å². The number of hydrogen-bond acceptors (Lipinski definition) is 2. The number of rotatable bonds is 2. The monoisotopic (exact) mass is 186 g/mol. The predicted octanol–water partition coefficient (Wildman–Crippen LogP) is 0.993. The van der Waals surface area contributed by atoms with Crippen LogP contribution < -0.4 is 4.73 Å². The average molecular weight is 186 g/mol. The van der Waals surface area contributed by atoms with E-state index in [1.807, 2.05) is 0 Å². The van der Waals surface area contributed by atoms with Crippen LogP contribution in [0.25, 0.3) is 0 Å². The summed E-state index contributed by atoms with van der Waals surface area (Å²) in [7, 11) is 0. The Morgan fingerprint density at radius 3 is 2.62 bits per heavy atom. The average Bonchev–Trinajstić information content (AvgIpc) is 2.01. The molecule has 1 heterocycles. The van der Waals surface area contributed by atoms with Gasteiger partial charge in [-0.15, -0.1) is 0 Å². The summed E-state index contributed by atoms with van der Waals surface area (Å²) < 4.78 is 14.0. The van der Waals surface area contributed by atoms with Gasteiger partial charge in [0.15, 0.2) is 0 Å². The summed E-state index contributed by atoms with van der Waals surface area (Å²) in [5.41, 5.74) is -1.37. The number of alkyl halides is 1. The molecule has 2 N–H and O–H groups in total. The molecule has 0 bridgehead atoms. The summed E-state index contributed by atoms with van der Waals surface area (Å²) in [6.07, 6.45) is 1.43. The summed E-state index contributed by atoms with van der Waals surface area (Å²) in [6.45, 7) is 2.57. The van der Waals surface area contributed by atoms with Crippen LogP contribution in [0.3, 0.4) is 0 Å². The smallest absolute Gasteiger partial charge is 0.228 e. The number of nitrogens with zero attached hydrogens (tertiary/aromatic N) is 1. The minimum atomic E-state index is -1.71. The van der Waals surface area contributed by atoms with Gasteiger partial charge in [0.1, 0.15) is 11.8 Å². The maximum absolute atomic E-state index is 13.3. The molecule has 1 aromatic heterocycles. The third-order valence-electron chi connectivity index (χ3n) is 1.77. The van der Waals surface area contributed by atoms with Crippen molar-refractivity contribution in [2.75, 3.05) is 0 Å². The lowest BCUT2D eigenvalue weighted by Crippen LogP contribution is -2.32. The van der Waals surface area contributed by atoms with E-state index < -0.39 is 11.8 Å². The van der Waals surface area contributed by atoms with Crippen LogP contribution in [-0.4, -0.2) is 16.0 Å². The van der Waals surface area contributed by atoms with Crippen molar-refractivity contribution in [1.82, 2.24) is 0 Å². The fourth-order valence-corrected chi connectivity index (χ4v) is 1.04. The maximum atomic E-state index is 13.3. The van der Waals surface area contributed by atoms with Gasteiger partial charge in [-0.05, 0) is 19.9 Å². The minimum Gasteiger partial charge on any atom is -0.385 e. The number of aliphatic hydroxyl groups is 1. The third-order valence-corrected chi connectivity index (χ3v) is 1.77. The number of halogens is 1. The highest BCUT2D eigenvalue weighted by Gasteiger charge is 2.30. The van der Waals surface area contributed by atoms with Crippen LogP contribution in [0.2, 0.25) is 0 Å². The lowest BCUT2D eigenvalue weighted by molar-refractivity contribution is -0.905. The molecule has 0 fully saturated rings. The van der Waals surface area contributed by atoms with E-state index in [0.29, 0.717) is 5.56 Å². The molecular weight excluding hydrogens is 173 g/mol. The van der Waals surface area contributed by atoms with Crippen molar-refractivity contribution < 1.29 is 19.4 Å². The number of aliphatic hydroxyl groups excluding tert-OH is 1. The SMILES string of the molecule is CC(C)(F)C(O)c1ccc[n+](O)c1. The highest BCUT2D eigenvalue weighted by atomic mass is 19.1. The summed E-state index contributed by atoms with van der Waals surface area (Å²) in [6, 6.07) is 3.09. The normalized spacial score (nSPS) is 14.2. The van der Waals surface area contributed by atoms with Crippen LogP contribution in [-0.2, 0) is 0 Å². The van der Waals surface area contributed by atoms with Crippen LogP contribution in [0.15, 0.2) is 24.5 Å². The Labute approximate surface area is 76.0 Å². The van der Waals surface area contributed by atoms with Gasteiger partial charge in [-0.1, -0.05) is 0 Å². The quantitative estimate of drug-likeness (QED) is 0.534. The van der Waals surface area contributed by atoms with Gasteiger partial charge in [0, 0.05) is 10.8 Å². The van der Waals surface area contributed by atoms with Gasteiger partial charge < -0.3 is 5.11 Å². The number of hydrogen-bond donors (Lipinski definition) is 2. The fraction of sp³-hybridized carbons (Fsp3) is 0.444. The lowest BCUT2D eigenvalue weighted by Gasteiger charge is -2.20. The summed E-state index contributed by atoms with van der Waals surface area (Å²) >= 11 is 0. The molecule has 0 spiro atoms.